The molecule has 1 aliphatic rings. The Morgan fingerprint density at radius 3 is 2.61 bits per heavy atom. The predicted molar refractivity (Wildman–Crippen MR) is 69.2 cm³/mol. The molecule has 5 heteroatoms. The molecule has 18 heavy (non-hydrogen) atoms. The lowest BCUT2D eigenvalue weighted by molar-refractivity contribution is -0.140. The zero-order chi connectivity index (χ0) is 13.8. The molecule has 1 rings (SSSR count). The molecule has 1 saturated heterocycles. The van der Waals surface area contributed by atoms with Gasteiger partial charge in [-0.3, -0.25) is 4.79 Å². The summed E-state index contributed by atoms with van der Waals surface area (Å²) in [6.07, 6.45) is 1.42. The van der Waals surface area contributed by atoms with Crippen LogP contribution in [0.1, 0.15) is 40.5 Å². The molecular weight excluding hydrogens is 232 g/mol. The van der Waals surface area contributed by atoms with E-state index in [2.05, 4.69) is 5.32 Å². The molecule has 0 aliphatic carbocycles. The first-order valence-electron chi connectivity index (χ1n) is 6.57. The van der Waals surface area contributed by atoms with Crippen molar-refractivity contribution in [3.63, 3.8) is 0 Å². The van der Waals surface area contributed by atoms with Crippen LogP contribution in [0.4, 0.5) is 4.79 Å². The molecule has 0 spiro atoms. The summed E-state index contributed by atoms with van der Waals surface area (Å²) in [5.74, 6) is 0.137. The first kappa shape index (κ1) is 14.8. The standard InChI is InChI=1S/C13H24N2O3/c1-5-18-12(17)14-10-7-6-8-15(9-10)11(16)13(2,3)4/h10H,5-9H2,1-4H3,(H,14,17)/t10-/m0/s1. The normalized spacial score (nSPS) is 20.4. The maximum Gasteiger partial charge on any atom is 0.407 e. The monoisotopic (exact) mass is 256 g/mol. The van der Waals surface area contributed by atoms with Crippen LogP contribution in [0.15, 0.2) is 0 Å². The number of nitrogens with zero attached hydrogens (tertiary/aromatic N) is 1. The molecule has 0 aromatic heterocycles. The molecule has 0 saturated carbocycles. The van der Waals surface area contributed by atoms with Gasteiger partial charge in [0.15, 0.2) is 0 Å². The van der Waals surface area contributed by atoms with E-state index in [1.54, 1.807) is 6.92 Å². The van der Waals surface area contributed by atoms with Crippen molar-refractivity contribution in [1.82, 2.24) is 10.2 Å². The lowest BCUT2D eigenvalue weighted by Crippen LogP contribution is -2.52. The van der Waals surface area contributed by atoms with Crippen LogP contribution >= 0.6 is 0 Å². The molecule has 2 amide bonds. The first-order chi connectivity index (χ1) is 8.34. The van der Waals surface area contributed by atoms with Gasteiger partial charge in [0.25, 0.3) is 0 Å². The van der Waals surface area contributed by atoms with Gasteiger partial charge in [0, 0.05) is 24.5 Å². The van der Waals surface area contributed by atoms with E-state index < -0.39 is 6.09 Å². The van der Waals surface area contributed by atoms with Crippen LogP contribution in [-0.4, -0.2) is 42.6 Å². The maximum atomic E-state index is 12.2. The number of carbonyl (C=O) groups is 2. The lowest BCUT2D eigenvalue weighted by Gasteiger charge is -2.36. The van der Waals surface area contributed by atoms with E-state index in [-0.39, 0.29) is 17.4 Å². The molecule has 0 bridgehead atoms. The molecule has 0 aromatic carbocycles. The first-order valence-corrected chi connectivity index (χ1v) is 6.57. The molecule has 104 valence electrons. The minimum atomic E-state index is -0.396. The Kier molecular flexibility index (Phi) is 4.99. The van der Waals surface area contributed by atoms with E-state index in [1.807, 2.05) is 25.7 Å². The zero-order valence-electron chi connectivity index (χ0n) is 11.8. The van der Waals surface area contributed by atoms with Crippen molar-refractivity contribution in [1.29, 1.82) is 0 Å². The minimum Gasteiger partial charge on any atom is -0.450 e. The van der Waals surface area contributed by atoms with Crippen molar-refractivity contribution in [3.05, 3.63) is 0 Å². The van der Waals surface area contributed by atoms with E-state index in [1.165, 1.54) is 0 Å². The van der Waals surface area contributed by atoms with Gasteiger partial charge in [-0.05, 0) is 19.8 Å². The van der Waals surface area contributed by atoms with Crippen LogP contribution in [0.5, 0.6) is 0 Å². The van der Waals surface area contributed by atoms with Crippen molar-refractivity contribution < 1.29 is 14.3 Å². The van der Waals surface area contributed by atoms with E-state index in [0.29, 0.717) is 13.2 Å². The fourth-order valence-electron chi connectivity index (χ4n) is 2.09. The van der Waals surface area contributed by atoms with Crippen LogP contribution in [0.25, 0.3) is 0 Å². The van der Waals surface area contributed by atoms with Gasteiger partial charge in [-0.1, -0.05) is 20.8 Å². The molecule has 1 N–H and O–H groups in total. The van der Waals surface area contributed by atoms with Gasteiger partial charge >= 0.3 is 6.09 Å². The number of piperidine rings is 1. The fraction of sp³-hybridized carbons (Fsp3) is 0.846. The van der Waals surface area contributed by atoms with Gasteiger partial charge in [-0.15, -0.1) is 0 Å². The van der Waals surface area contributed by atoms with Crippen LogP contribution in [0.2, 0.25) is 0 Å². The number of likely N-dealkylation sites (tertiary alicyclic amines) is 1. The van der Waals surface area contributed by atoms with Crippen LogP contribution in [-0.2, 0) is 9.53 Å². The van der Waals surface area contributed by atoms with Gasteiger partial charge in [-0.2, -0.15) is 0 Å². The molecule has 1 heterocycles. The Morgan fingerprint density at radius 2 is 2.06 bits per heavy atom. The topological polar surface area (TPSA) is 58.6 Å². The van der Waals surface area contributed by atoms with Gasteiger partial charge in [-0.25, -0.2) is 4.79 Å². The highest BCUT2D eigenvalue weighted by atomic mass is 16.5. The summed E-state index contributed by atoms with van der Waals surface area (Å²) in [5.41, 5.74) is -0.369. The molecular formula is C13H24N2O3. The van der Waals surface area contributed by atoms with E-state index in [4.69, 9.17) is 4.74 Å². The molecule has 1 aliphatic heterocycles. The molecule has 0 unspecified atom stereocenters. The Balaban J connectivity index is 2.51. The van der Waals surface area contributed by atoms with Crippen LogP contribution < -0.4 is 5.32 Å². The summed E-state index contributed by atoms with van der Waals surface area (Å²) in [5, 5.41) is 2.80. The smallest absolute Gasteiger partial charge is 0.407 e. The Hall–Kier alpha value is -1.26. The predicted octanol–water partition coefficient (Wildman–Crippen LogP) is 1.77. The molecule has 0 aromatic rings. The van der Waals surface area contributed by atoms with Crippen LogP contribution in [0.3, 0.4) is 0 Å². The van der Waals surface area contributed by atoms with Gasteiger partial charge < -0.3 is 15.0 Å². The zero-order valence-corrected chi connectivity index (χ0v) is 11.8. The molecule has 5 nitrogen and oxygen atoms in total. The lowest BCUT2D eigenvalue weighted by atomic mass is 9.93. The van der Waals surface area contributed by atoms with E-state index in [0.717, 1.165) is 19.4 Å². The number of hydrogen-bond donors (Lipinski definition) is 1. The van der Waals surface area contributed by atoms with Crippen molar-refractivity contribution in [2.24, 2.45) is 5.41 Å². The average Bonchev–Trinajstić information content (AvgIpc) is 2.27. The Morgan fingerprint density at radius 1 is 1.39 bits per heavy atom. The SMILES string of the molecule is CCOC(=O)N[C@H]1CCCN(C(=O)C(C)(C)C)C1. The number of carbonyl (C=O) groups excluding carboxylic acids is 2. The van der Waals surface area contributed by atoms with Crippen molar-refractivity contribution >= 4 is 12.0 Å². The second kappa shape index (κ2) is 6.07. The van der Waals surface area contributed by atoms with E-state index in [9.17, 15) is 9.59 Å². The molecule has 0 radical (unpaired) electrons. The average molecular weight is 256 g/mol. The van der Waals surface area contributed by atoms with Gasteiger partial charge in [0.1, 0.15) is 0 Å². The number of amides is 2. The Labute approximate surface area is 109 Å². The number of rotatable bonds is 2. The highest BCUT2D eigenvalue weighted by molar-refractivity contribution is 5.81. The second-order valence-electron chi connectivity index (χ2n) is 5.71. The summed E-state index contributed by atoms with van der Waals surface area (Å²) in [6.45, 7) is 9.23. The molecule has 1 atom stereocenters. The highest BCUT2D eigenvalue weighted by Crippen LogP contribution is 2.20. The van der Waals surface area contributed by atoms with E-state index >= 15 is 0 Å². The maximum absolute atomic E-state index is 12.2. The molecule has 1 fully saturated rings. The van der Waals surface area contributed by atoms with Crippen LogP contribution in [0, 0.1) is 5.41 Å². The minimum absolute atomic E-state index is 0.00380. The fourth-order valence-corrected chi connectivity index (χ4v) is 2.09. The summed E-state index contributed by atoms with van der Waals surface area (Å²) in [7, 11) is 0. The number of alkyl carbamates (subject to hydrolysis) is 1. The van der Waals surface area contributed by atoms with Gasteiger partial charge in [0.05, 0.1) is 6.61 Å². The highest BCUT2D eigenvalue weighted by Gasteiger charge is 2.31. The summed E-state index contributed by atoms with van der Waals surface area (Å²) >= 11 is 0. The number of hydrogen-bond acceptors (Lipinski definition) is 3. The number of ether oxygens (including phenoxy) is 1. The Bertz CT molecular complexity index is 310. The van der Waals surface area contributed by atoms with Crippen molar-refractivity contribution in [2.45, 2.75) is 46.6 Å². The summed E-state index contributed by atoms with van der Waals surface area (Å²) in [4.78, 5) is 25.3. The largest absolute Gasteiger partial charge is 0.450 e. The summed E-state index contributed by atoms with van der Waals surface area (Å²) in [6, 6.07) is 0.00380. The third-order valence-corrected chi connectivity index (χ3v) is 2.95. The summed E-state index contributed by atoms with van der Waals surface area (Å²) < 4.78 is 4.85. The number of nitrogens with one attached hydrogen (secondary N) is 1. The second-order valence-corrected chi connectivity index (χ2v) is 5.71. The third kappa shape index (κ3) is 4.20. The van der Waals surface area contributed by atoms with Crippen molar-refractivity contribution in [2.75, 3.05) is 19.7 Å². The third-order valence-electron chi connectivity index (χ3n) is 2.95. The van der Waals surface area contributed by atoms with Crippen molar-refractivity contribution in [3.8, 4) is 0 Å². The van der Waals surface area contributed by atoms with Gasteiger partial charge in [0.2, 0.25) is 5.91 Å². The quantitative estimate of drug-likeness (QED) is 0.819.